The Morgan fingerprint density at radius 3 is 2.62 bits per heavy atom. The van der Waals surface area contributed by atoms with E-state index >= 15 is 0 Å². The van der Waals surface area contributed by atoms with Gasteiger partial charge in [-0.1, -0.05) is 36.4 Å². The number of hydrogen-bond donors (Lipinski definition) is 0. The van der Waals surface area contributed by atoms with Crippen LogP contribution in [0.1, 0.15) is 5.69 Å². The summed E-state index contributed by atoms with van der Waals surface area (Å²) >= 11 is 3.54. The van der Waals surface area contributed by atoms with E-state index in [0.29, 0.717) is 0 Å². The van der Waals surface area contributed by atoms with Crippen LogP contribution < -0.4 is 0 Å². The van der Waals surface area contributed by atoms with Gasteiger partial charge in [0.05, 0.1) is 11.4 Å². The molecule has 0 saturated carbocycles. The molecule has 0 atom stereocenters. The zero-order valence-electron chi connectivity index (χ0n) is 11.4. The predicted octanol–water partition coefficient (Wildman–Crippen LogP) is 4.62. The Morgan fingerprint density at radius 2 is 1.76 bits per heavy atom. The lowest BCUT2D eigenvalue weighted by Crippen LogP contribution is -1.94. The summed E-state index contributed by atoms with van der Waals surface area (Å²) in [5.74, 6) is 0. The average molecular weight is 338 g/mol. The van der Waals surface area contributed by atoms with E-state index in [0.717, 1.165) is 27.2 Å². The topological polar surface area (TPSA) is 30.2 Å². The van der Waals surface area contributed by atoms with Crippen molar-refractivity contribution in [2.24, 2.45) is 0 Å². The normalized spacial score (nSPS) is 11.3. The second-order valence-corrected chi connectivity index (χ2v) is 5.79. The molecule has 0 aliphatic heterocycles. The quantitative estimate of drug-likeness (QED) is 0.507. The van der Waals surface area contributed by atoms with Crippen LogP contribution >= 0.6 is 15.9 Å². The molecule has 0 bridgehead atoms. The van der Waals surface area contributed by atoms with Gasteiger partial charge in [-0.2, -0.15) is 5.10 Å². The van der Waals surface area contributed by atoms with E-state index in [1.54, 1.807) is 0 Å². The van der Waals surface area contributed by atoms with Gasteiger partial charge < -0.3 is 0 Å². The highest BCUT2D eigenvalue weighted by Crippen LogP contribution is 2.24. The SMILES string of the molecule is Cc1nc2ccc(-c3ccc4ccccc4c3)nn2c1Br. The van der Waals surface area contributed by atoms with Crippen molar-refractivity contribution in [3.63, 3.8) is 0 Å². The summed E-state index contributed by atoms with van der Waals surface area (Å²) in [5.41, 5.74) is 3.84. The van der Waals surface area contributed by atoms with Crippen molar-refractivity contribution >= 4 is 32.3 Å². The third-order valence-corrected chi connectivity index (χ3v) is 4.54. The van der Waals surface area contributed by atoms with Crippen LogP contribution in [0.5, 0.6) is 0 Å². The number of aryl methyl sites for hydroxylation is 1. The van der Waals surface area contributed by atoms with Crippen molar-refractivity contribution in [2.45, 2.75) is 6.92 Å². The van der Waals surface area contributed by atoms with E-state index in [1.165, 1.54) is 10.8 Å². The van der Waals surface area contributed by atoms with Crippen LogP contribution in [0, 0.1) is 6.92 Å². The van der Waals surface area contributed by atoms with E-state index in [4.69, 9.17) is 0 Å². The fraction of sp³-hybridized carbons (Fsp3) is 0.0588. The Kier molecular flexibility index (Phi) is 2.79. The van der Waals surface area contributed by atoms with Gasteiger partial charge in [0.2, 0.25) is 0 Å². The molecule has 4 heteroatoms. The molecule has 0 saturated heterocycles. The number of nitrogens with zero attached hydrogens (tertiary/aromatic N) is 3. The highest BCUT2D eigenvalue weighted by molar-refractivity contribution is 9.10. The number of fused-ring (bicyclic) bond motifs is 2. The Balaban J connectivity index is 1.92. The Morgan fingerprint density at radius 1 is 0.952 bits per heavy atom. The van der Waals surface area contributed by atoms with E-state index in [9.17, 15) is 0 Å². The van der Waals surface area contributed by atoms with Crippen molar-refractivity contribution in [2.75, 3.05) is 0 Å². The van der Waals surface area contributed by atoms with Crippen molar-refractivity contribution in [3.8, 4) is 11.3 Å². The van der Waals surface area contributed by atoms with Crippen LogP contribution in [0.25, 0.3) is 27.7 Å². The van der Waals surface area contributed by atoms with Gasteiger partial charge >= 0.3 is 0 Å². The summed E-state index contributed by atoms with van der Waals surface area (Å²) < 4.78 is 2.74. The van der Waals surface area contributed by atoms with Crippen molar-refractivity contribution in [3.05, 3.63) is 64.9 Å². The van der Waals surface area contributed by atoms with E-state index in [-0.39, 0.29) is 0 Å². The standard InChI is InChI=1S/C17H12BrN3/c1-11-17(18)21-16(19-11)9-8-15(20-21)14-7-6-12-4-2-3-5-13(12)10-14/h2-10H,1H3. The smallest absolute Gasteiger partial charge is 0.155 e. The zero-order chi connectivity index (χ0) is 14.4. The Labute approximate surface area is 130 Å². The third kappa shape index (κ3) is 2.03. The summed E-state index contributed by atoms with van der Waals surface area (Å²) in [4.78, 5) is 4.45. The molecule has 0 unspecified atom stereocenters. The molecular weight excluding hydrogens is 326 g/mol. The van der Waals surface area contributed by atoms with Gasteiger partial charge in [0.1, 0.15) is 4.60 Å². The van der Waals surface area contributed by atoms with E-state index < -0.39 is 0 Å². The Bertz CT molecular complexity index is 972. The van der Waals surface area contributed by atoms with Crippen LogP contribution in [0.2, 0.25) is 0 Å². The van der Waals surface area contributed by atoms with Gasteiger partial charge in [-0.25, -0.2) is 9.50 Å². The summed E-state index contributed by atoms with van der Waals surface area (Å²) in [6.07, 6.45) is 0. The number of benzene rings is 2. The molecule has 102 valence electrons. The number of imidazole rings is 1. The summed E-state index contributed by atoms with van der Waals surface area (Å²) in [5, 5.41) is 7.14. The van der Waals surface area contributed by atoms with Gasteiger partial charge in [-0.05, 0) is 51.8 Å². The highest BCUT2D eigenvalue weighted by atomic mass is 79.9. The molecule has 0 N–H and O–H groups in total. The molecular formula is C17H12BrN3. The molecule has 0 amide bonds. The minimum Gasteiger partial charge on any atom is -0.231 e. The van der Waals surface area contributed by atoms with Gasteiger partial charge in [0.25, 0.3) is 0 Å². The zero-order valence-corrected chi connectivity index (χ0v) is 13.0. The minimum absolute atomic E-state index is 0.851. The lowest BCUT2D eigenvalue weighted by molar-refractivity contribution is 0.919. The molecule has 3 nitrogen and oxygen atoms in total. The highest BCUT2D eigenvalue weighted by Gasteiger charge is 2.08. The first-order valence-electron chi connectivity index (χ1n) is 6.73. The number of hydrogen-bond acceptors (Lipinski definition) is 2. The molecule has 0 spiro atoms. The molecule has 0 aliphatic carbocycles. The first-order valence-corrected chi connectivity index (χ1v) is 7.53. The molecule has 2 heterocycles. The van der Waals surface area contributed by atoms with Crippen molar-refractivity contribution in [1.82, 2.24) is 14.6 Å². The predicted molar refractivity (Wildman–Crippen MR) is 88.4 cm³/mol. The number of rotatable bonds is 1. The fourth-order valence-corrected chi connectivity index (χ4v) is 2.87. The monoisotopic (exact) mass is 337 g/mol. The fourth-order valence-electron chi connectivity index (χ4n) is 2.52. The van der Waals surface area contributed by atoms with Crippen LogP contribution in [0.15, 0.2) is 59.2 Å². The van der Waals surface area contributed by atoms with Gasteiger partial charge in [0.15, 0.2) is 5.65 Å². The average Bonchev–Trinajstić information content (AvgIpc) is 2.81. The van der Waals surface area contributed by atoms with Crippen molar-refractivity contribution < 1.29 is 0 Å². The summed E-state index contributed by atoms with van der Waals surface area (Å²) in [7, 11) is 0. The molecule has 0 radical (unpaired) electrons. The molecule has 0 fully saturated rings. The van der Waals surface area contributed by atoms with Crippen LogP contribution in [-0.4, -0.2) is 14.6 Å². The maximum atomic E-state index is 4.68. The molecule has 0 aliphatic rings. The lowest BCUT2D eigenvalue weighted by Gasteiger charge is -2.04. The largest absolute Gasteiger partial charge is 0.231 e. The lowest BCUT2D eigenvalue weighted by atomic mass is 10.1. The summed E-state index contributed by atoms with van der Waals surface area (Å²) in [6.45, 7) is 1.97. The maximum Gasteiger partial charge on any atom is 0.155 e. The maximum absolute atomic E-state index is 4.68. The van der Waals surface area contributed by atoms with E-state index in [1.807, 2.05) is 23.6 Å². The second kappa shape index (κ2) is 4.67. The first-order chi connectivity index (χ1) is 10.2. The van der Waals surface area contributed by atoms with Crippen molar-refractivity contribution in [1.29, 1.82) is 0 Å². The van der Waals surface area contributed by atoms with Gasteiger partial charge in [-0.15, -0.1) is 0 Å². The third-order valence-electron chi connectivity index (χ3n) is 3.63. The van der Waals surface area contributed by atoms with E-state index in [2.05, 4.69) is 68.5 Å². The molecule has 4 rings (SSSR count). The second-order valence-electron chi connectivity index (χ2n) is 5.04. The minimum atomic E-state index is 0.851. The Hall–Kier alpha value is -2.20. The molecule has 2 aromatic heterocycles. The first kappa shape index (κ1) is 12.5. The molecule has 2 aromatic carbocycles. The van der Waals surface area contributed by atoms with Crippen LogP contribution in [-0.2, 0) is 0 Å². The van der Waals surface area contributed by atoms with Crippen LogP contribution in [0.4, 0.5) is 0 Å². The molecule has 21 heavy (non-hydrogen) atoms. The number of aromatic nitrogens is 3. The summed E-state index contributed by atoms with van der Waals surface area (Å²) in [6, 6.07) is 18.8. The number of halogens is 1. The van der Waals surface area contributed by atoms with Crippen LogP contribution in [0.3, 0.4) is 0 Å². The van der Waals surface area contributed by atoms with Gasteiger partial charge in [-0.3, -0.25) is 0 Å². The molecule has 4 aromatic rings. The van der Waals surface area contributed by atoms with Gasteiger partial charge in [0, 0.05) is 5.56 Å².